The number of carbonyl (C=O) groups is 1. The van der Waals surface area contributed by atoms with Crippen molar-refractivity contribution < 1.29 is 13.2 Å². The predicted octanol–water partition coefficient (Wildman–Crippen LogP) is 3.70. The minimum atomic E-state index is -3.54. The maximum atomic E-state index is 12.9. The average molecular weight is 400 g/mol. The normalized spacial score (nSPS) is 11.6. The fraction of sp³-hybridized carbons (Fsp3) is 0.286. The number of carbonyl (C=O) groups excluding carboxylic acids is 1. The summed E-state index contributed by atoms with van der Waals surface area (Å²) in [6, 6.07) is 12.6. The summed E-state index contributed by atoms with van der Waals surface area (Å²) in [5.74, 6) is -0.164. The number of amides is 2. The summed E-state index contributed by atoms with van der Waals surface area (Å²) < 4.78 is 27.7. The predicted molar refractivity (Wildman–Crippen MR) is 113 cm³/mol. The fourth-order valence-electron chi connectivity index (χ4n) is 3.27. The molecule has 2 N–H and O–H groups in total. The van der Waals surface area contributed by atoms with Crippen LogP contribution in [0.1, 0.15) is 16.8 Å². The Labute approximate surface area is 165 Å². The van der Waals surface area contributed by atoms with Crippen LogP contribution in [0.5, 0.6) is 0 Å². The largest absolute Gasteiger partial charge is 0.347 e. The molecule has 1 heterocycles. The molecule has 0 saturated heterocycles. The average Bonchev–Trinajstić information content (AvgIpc) is 2.90. The van der Waals surface area contributed by atoms with Crippen LogP contribution in [0.15, 0.2) is 47.4 Å². The first-order chi connectivity index (χ1) is 13.2. The molecule has 0 aliphatic heterocycles. The molecule has 0 spiro atoms. The van der Waals surface area contributed by atoms with Gasteiger partial charge in [0.25, 0.3) is 0 Å². The molecule has 3 aromatic rings. The van der Waals surface area contributed by atoms with Gasteiger partial charge in [-0.1, -0.05) is 24.3 Å². The highest BCUT2D eigenvalue weighted by molar-refractivity contribution is 7.91. The van der Waals surface area contributed by atoms with Gasteiger partial charge in [-0.2, -0.15) is 0 Å². The van der Waals surface area contributed by atoms with Crippen molar-refractivity contribution in [1.82, 2.24) is 9.88 Å². The Bertz CT molecular complexity index is 1150. The smallest absolute Gasteiger partial charge is 0.319 e. The topological polar surface area (TPSA) is 80.2 Å². The molecule has 0 aliphatic rings. The van der Waals surface area contributed by atoms with E-state index in [4.69, 9.17) is 0 Å². The number of hydrogen-bond acceptors (Lipinski definition) is 3. The van der Waals surface area contributed by atoms with Crippen molar-refractivity contribution in [1.29, 1.82) is 0 Å². The van der Waals surface area contributed by atoms with E-state index >= 15 is 0 Å². The van der Waals surface area contributed by atoms with E-state index < -0.39 is 15.9 Å². The summed E-state index contributed by atoms with van der Waals surface area (Å²) in [4.78, 5) is 12.4. The minimum absolute atomic E-state index is 0.0294. The van der Waals surface area contributed by atoms with E-state index in [9.17, 15) is 13.2 Å². The molecule has 1 aromatic heterocycles. The number of para-hydroxylation sites is 1. The van der Waals surface area contributed by atoms with E-state index in [2.05, 4.69) is 10.6 Å². The lowest BCUT2D eigenvalue weighted by molar-refractivity contribution is 0.252. The Morgan fingerprint density at radius 2 is 1.75 bits per heavy atom. The van der Waals surface area contributed by atoms with Crippen LogP contribution in [0.2, 0.25) is 0 Å². The van der Waals surface area contributed by atoms with Gasteiger partial charge in [0.05, 0.1) is 10.6 Å². The third-order valence-electron chi connectivity index (χ3n) is 5.07. The number of benzene rings is 2. The summed E-state index contributed by atoms with van der Waals surface area (Å²) in [6.45, 7) is 5.80. The van der Waals surface area contributed by atoms with Gasteiger partial charge in [-0.15, -0.1) is 0 Å². The molecule has 2 aromatic carbocycles. The number of nitrogens with zero attached hydrogens (tertiary/aromatic N) is 1. The van der Waals surface area contributed by atoms with E-state index in [1.54, 1.807) is 6.92 Å². The lowest BCUT2D eigenvalue weighted by Crippen LogP contribution is -2.33. The number of aromatic nitrogens is 1. The number of urea groups is 1. The molecule has 7 heteroatoms. The highest BCUT2D eigenvalue weighted by Gasteiger charge is 2.24. The van der Waals surface area contributed by atoms with E-state index in [1.165, 1.54) is 0 Å². The van der Waals surface area contributed by atoms with Crippen LogP contribution in [0.3, 0.4) is 0 Å². The SMILES string of the molecule is Cc1ccc(NC(=O)NCCS(=O)(=O)c2c(C)n(C)c3ccccc23)cc1C. The van der Waals surface area contributed by atoms with Gasteiger partial charge < -0.3 is 15.2 Å². The number of fused-ring (bicyclic) bond motifs is 1. The Kier molecular flexibility index (Phi) is 5.47. The van der Waals surface area contributed by atoms with Crippen LogP contribution >= 0.6 is 0 Å². The number of rotatable bonds is 5. The van der Waals surface area contributed by atoms with Crippen molar-refractivity contribution in [2.45, 2.75) is 25.7 Å². The third-order valence-corrected chi connectivity index (χ3v) is 6.95. The van der Waals surface area contributed by atoms with Crippen molar-refractivity contribution in [3.63, 3.8) is 0 Å². The van der Waals surface area contributed by atoms with Crippen molar-refractivity contribution in [2.75, 3.05) is 17.6 Å². The van der Waals surface area contributed by atoms with Crippen LogP contribution in [0.4, 0.5) is 10.5 Å². The Morgan fingerprint density at radius 3 is 2.46 bits per heavy atom. The highest BCUT2D eigenvalue weighted by atomic mass is 32.2. The zero-order valence-corrected chi connectivity index (χ0v) is 17.4. The van der Waals surface area contributed by atoms with Crippen molar-refractivity contribution in [3.8, 4) is 0 Å². The summed E-state index contributed by atoms with van der Waals surface area (Å²) >= 11 is 0. The summed E-state index contributed by atoms with van der Waals surface area (Å²) in [7, 11) is -1.69. The second-order valence-electron chi connectivity index (χ2n) is 6.99. The molecule has 0 atom stereocenters. The van der Waals surface area contributed by atoms with Crippen LogP contribution < -0.4 is 10.6 Å². The lowest BCUT2D eigenvalue weighted by atomic mass is 10.1. The van der Waals surface area contributed by atoms with E-state index in [0.29, 0.717) is 21.7 Å². The Hall–Kier alpha value is -2.80. The minimum Gasteiger partial charge on any atom is -0.347 e. The molecule has 0 fully saturated rings. The highest BCUT2D eigenvalue weighted by Crippen LogP contribution is 2.29. The Balaban J connectivity index is 1.68. The van der Waals surface area contributed by atoms with E-state index in [0.717, 1.165) is 16.6 Å². The van der Waals surface area contributed by atoms with Gasteiger partial charge in [0.1, 0.15) is 0 Å². The molecule has 0 radical (unpaired) electrons. The monoisotopic (exact) mass is 399 g/mol. The second-order valence-corrected chi connectivity index (χ2v) is 9.04. The van der Waals surface area contributed by atoms with Gasteiger partial charge in [-0.25, -0.2) is 13.2 Å². The Morgan fingerprint density at radius 1 is 1.04 bits per heavy atom. The number of hydrogen-bond donors (Lipinski definition) is 2. The maximum absolute atomic E-state index is 12.9. The molecule has 2 amide bonds. The first kappa shape index (κ1) is 19.9. The van der Waals surface area contributed by atoms with Gasteiger partial charge in [-0.05, 0) is 50.1 Å². The molecule has 3 rings (SSSR count). The van der Waals surface area contributed by atoms with Gasteiger partial charge in [0.15, 0.2) is 9.84 Å². The zero-order chi connectivity index (χ0) is 20.5. The molecule has 6 nitrogen and oxygen atoms in total. The molecule has 28 heavy (non-hydrogen) atoms. The first-order valence-electron chi connectivity index (χ1n) is 9.09. The summed E-state index contributed by atoms with van der Waals surface area (Å²) in [5, 5.41) is 6.07. The quantitative estimate of drug-likeness (QED) is 0.686. The number of sulfone groups is 1. The fourth-order valence-corrected chi connectivity index (χ4v) is 4.94. The van der Waals surface area contributed by atoms with Gasteiger partial charge >= 0.3 is 6.03 Å². The second kappa shape index (κ2) is 7.67. The zero-order valence-electron chi connectivity index (χ0n) is 16.5. The van der Waals surface area contributed by atoms with Crippen LogP contribution in [-0.4, -0.2) is 31.3 Å². The molecule has 0 unspecified atom stereocenters. The number of aryl methyl sites for hydroxylation is 3. The van der Waals surface area contributed by atoms with Crippen molar-refractivity contribution >= 4 is 32.5 Å². The van der Waals surface area contributed by atoms with Crippen LogP contribution in [0, 0.1) is 20.8 Å². The van der Waals surface area contributed by atoms with Gasteiger partial charge in [0, 0.05) is 35.9 Å². The van der Waals surface area contributed by atoms with Gasteiger partial charge in [0.2, 0.25) is 0 Å². The summed E-state index contributed by atoms with van der Waals surface area (Å²) in [6.07, 6.45) is 0. The van der Waals surface area contributed by atoms with Crippen molar-refractivity contribution in [2.24, 2.45) is 7.05 Å². The maximum Gasteiger partial charge on any atom is 0.319 e. The van der Waals surface area contributed by atoms with Gasteiger partial charge in [-0.3, -0.25) is 0 Å². The molecule has 0 saturated carbocycles. The number of nitrogens with one attached hydrogen (secondary N) is 2. The third kappa shape index (κ3) is 3.89. The standard InChI is InChI=1S/C21H25N3O3S/c1-14-9-10-17(13-15(14)2)23-21(25)22-11-12-28(26,27)20-16(3)24(4)19-8-6-5-7-18(19)20/h5-10,13H,11-12H2,1-4H3,(H2,22,23,25). The number of anilines is 1. The van der Waals surface area contributed by atoms with Crippen LogP contribution in [-0.2, 0) is 16.9 Å². The first-order valence-corrected chi connectivity index (χ1v) is 10.7. The molecular formula is C21H25N3O3S. The van der Waals surface area contributed by atoms with Crippen LogP contribution in [0.25, 0.3) is 10.9 Å². The van der Waals surface area contributed by atoms with E-state index in [1.807, 2.05) is 67.9 Å². The molecule has 0 bridgehead atoms. The summed E-state index contributed by atoms with van der Waals surface area (Å²) in [5.41, 5.74) is 4.46. The molecule has 0 aliphatic carbocycles. The molecule has 148 valence electrons. The molecular weight excluding hydrogens is 374 g/mol. The van der Waals surface area contributed by atoms with Crippen molar-refractivity contribution in [3.05, 3.63) is 59.3 Å². The lowest BCUT2D eigenvalue weighted by Gasteiger charge is -2.10. The van der Waals surface area contributed by atoms with E-state index in [-0.39, 0.29) is 12.3 Å².